The van der Waals surface area contributed by atoms with Gasteiger partial charge in [0, 0.05) is 37.8 Å². The van der Waals surface area contributed by atoms with Crippen molar-refractivity contribution in [2.24, 2.45) is 7.05 Å². The van der Waals surface area contributed by atoms with Crippen molar-refractivity contribution in [3.63, 3.8) is 0 Å². The van der Waals surface area contributed by atoms with Crippen molar-refractivity contribution in [3.8, 4) is 11.6 Å². The molecule has 0 saturated heterocycles. The second-order valence-electron chi connectivity index (χ2n) is 6.06. The highest BCUT2D eigenvalue weighted by Crippen LogP contribution is 2.32. The molecule has 10 heteroatoms. The van der Waals surface area contributed by atoms with Gasteiger partial charge < -0.3 is 4.52 Å². The van der Waals surface area contributed by atoms with E-state index in [9.17, 15) is 8.42 Å². The van der Waals surface area contributed by atoms with Gasteiger partial charge in [-0.1, -0.05) is 28.9 Å². The first kappa shape index (κ1) is 17.2. The normalized spacial score (nSPS) is 15.2. The molecule has 0 radical (unpaired) electrons. The zero-order chi connectivity index (χ0) is 18.5. The predicted octanol–water partition coefficient (Wildman–Crippen LogP) is 2.18. The molecule has 4 rings (SSSR count). The average molecular weight is 394 g/mol. The smallest absolute Gasteiger partial charge is 0.278 e. The molecule has 0 atom stereocenters. The molecule has 3 aromatic rings. The highest BCUT2D eigenvalue weighted by Gasteiger charge is 2.34. The number of hydrogen-bond acceptors (Lipinski definition) is 6. The maximum atomic E-state index is 13.0. The van der Waals surface area contributed by atoms with Gasteiger partial charge in [0.25, 0.3) is 5.89 Å². The first-order valence-electron chi connectivity index (χ1n) is 7.98. The number of halogens is 1. The molecule has 1 aliphatic heterocycles. The van der Waals surface area contributed by atoms with E-state index in [1.807, 2.05) is 7.05 Å². The molecule has 3 heterocycles. The molecule has 26 heavy (non-hydrogen) atoms. The molecule has 0 bridgehead atoms. The van der Waals surface area contributed by atoms with Gasteiger partial charge in [-0.25, -0.2) is 8.42 Å². The van der Waals surface area contributed by atoms with Crippen molar-refractivity contribution in [3.05, 3.63) is 46.4 Å². The van der Waals surface area contributed by atoms with E-state index < -0.39 is 10.0 Å². The second-order valence-corrected chi connectivity index (χ2v) is 8.38. The van der Waals surface area contributed by atoms with Crippen molar-refractivity contribution in [1.29, 1.82) is 0 Å². The Balaban J connectivity index is 1.75. The van der Waals surface area contributed by atoms with Gasteiger partial charge in [0.15, 0.2) is 11.5 Å². The SMILES string of the molecule is Cc1noc(-c2nn(C)c3c2CN(S(=O)(=O)c2ccccc2Cl)CC3)n1. The number of benzene rings is 1. The molecule has 1 aliphatic rings. The van der Waals surface area contributed by atoms with Crippen molar-refractivity contribution in [2.75, 3.05) is 6.54 Å². The van der Waals surface area contributed by atoms with Crippen molar-refractivity contribution < 1.29 is 12.9 Å². The third-order valence-corrected chi connectivity index (χ3v) is 6.74. The van der Waals surface area contributed by atoms with Gasteiger partial charge in [-0.05, 0) is 19.1 Å². The van der Waals surface area contributed by atoms with Gasteiger partial charge in [-0.2, -0.15) is 14.4 Å². The van der Waals surface area contributed by atoms with Crippen molar-refractivity contribution >= 4 is 21.6 Å². The van der Waals surface area contributed by atoms with Crippen LogP contribution in [0.2, 0.25) is 5.02 Å². The summed E-state index contributed by atoms with van der Waals surface area (Å²) in [7, 11) is -1.90. The molecule has 0 unspecified atom stereocenters. The van der Waals surface area contributed by atoms with E-state index in [4.69, 9.17) is 16.1 Å². The lowest BCUT2D eigenvalue weighted by Crippen LogP contribution is -2.36. The van der Waals surface area contributed by atoms with Gasteiger partial charge in [0.1, 0.15) is 4.90 Å². The third kappa shape index (κ3) is 2.72. The summed E-state index contributed by atoms with van der Waals surface area (Å²) in [6, 6.07) is 6.44. The van der Waals surface area contributed by atoms with E-state index in [0.29, 0.717) is 24.5 Å². The predicted molar refractivity (Wildman–Crippen MR) is 94.0 cm³/mol. The highest BCUT2D eigenvalue weighted by atomic mass is 35.5. The fourth-order valence-corrected chi connectivity index (χ4v) is 5.03. The van der Waals surface area contributed by atoms with Crippen molar-refractivity contribution in [1.82, 2.24) is 24.2 Å². The lowest BCUT2D eigenvalue weighted by molar-refractivity contribution is 0.385. The third-order valence-electron chi connectivity index (χ3n) is 4.39. The Bertz CT molecular complexity index is 1090. The van der Waals surface area contributed by atoms with Crippen LogP contribution in [0.5, 0.6) is 0 Å². The molecule has 0 amide bonds. The molecule has 8 nitrogen and oxygen atoms in total. The fraction of sp³-hybridized carbons (Fsp3) is 0.312. The Labute approximate surface area is 155 Å². The monoisotopic (exact) mass is 393 g/mol. The largest absolute Gasteiger partial charge is 0.332 e. The fourth-order valence-electron chi connectivity index (χ4n) is 3.13. The molecule has 1 aromatic carbocycles. The van der Waals surface area contributed by atoms with E-state index in [-0.39, 0.29) is 22.4 Å². The quantitative estimate of drug-likeness (QED) is 0.677. The summed E-state index contributed by atoms with van der Waals surface area (Å²) in [6.45, 7) is 2.24. The Kier molecular flexibility index (Phi) is 4.09. The number of aromatic nitrogens is 4. The Morgan fingerprint density at radius 3 is 2.73 bits per heavy atom. The van der Waals surface area contributed by atoms with Crippen LogP contribution >= 0.6 is 11.6 Å². The first-order chi connectivity index (χ1) is 12.4. The Morgan fingerprint density at radius 1 is 1.27 bits per heavy atom. The lowest BCUT2D eigenvalue weighted by Gasteiger charge is -2.27. The van der Waals surface area contributed by atoms with Crippen LogP contribution in [0.15, 0.2) is 33.7 Å². The van der Waals surface area contributed by atoms with E-state index in [2.05, 4.69) is 15.2 Å². The van der Waals surface area contributed by atoms with Gasteiger partial charge in [-0.15, -0.1) is 0 Å². The molecule has 136 valence electrons. The van der Waals surface area contributed by atoms with Gasteiger partial charge in [-0.3, -0.25) is 4.68 Å². The van der Waals surface area contributed by atoms with Crippen LogP contribution in [0.25, 0.3) is 11.6 Å². The Morgan fingerprint density at radius 2 is 2.04 bits per heavy atom. The van der Waals surface area contributed by atoms with Gasteiger partial charge in [0.05, 0.1) is 5.02 Å². The molecule has 2 aromatic heterocycles. The van der Waals surface area contributed by atoms with Gasteiger partial charge >= 0.3 is 0 Å². The maximum absolute atomic E-state index is 13.0. The summed E-state index contributed by atoms with van der Waals surface area (Å²) in [5.41, 5.74) is 2.25. The van der Waals surface area contributed by atoms with Crippen LogP contribution < -0.4 is 0 Å². The molecule has 0 saturated carbocycles. The van der Waals surface area contributed by atoms with Crippen LogP contribution in [0, 0.1) is 6.92 Å². The molecule has 0 spiro atoms. The summed E-state index contributed by atoms with van der Waals surface area (Å²) >= 11 is 6.11. The zero-order valence-electron chi connectivity index (χ0n) is 14.2. The summed E-state index contributed by atoms with van der Waals surface area (Å²) in [4.78, 5) is 4.32. The topological polar surface area (TPSA) is 94.1 Å². The summed E-state index contributed by atoms with van der Waals surface area (Å²) < 4.78 is 34.5. The number of sulfonamides is 1. The minimum absolute atomic E-state index is 0.101. The van der Waals surface area contributed by atoms with Crippen LogP contribution in [0.4, 0.5) is 0 Å². The second kappa shape index (κ2) is 6.19. The highest BCUT2D eigenvalue weighted by molar-refractivity contribution is 7.89. The number of nitrogens with zero attached hydrogens (tertiary/aromatic N) is 5. The van der Waals surface area contributed by atoms with E-state index >= 15 is 0 Å². The van der Waals surface area contributed by atoms with Crippen molar-refractivity contribution in [2.45, 2.75) is 24.8 Å². The molecule has 0 aliphatic carbocycles. The first-order valence-corrected chi connectivity index (χ1v) is 9.80. The van der Waals surface area contributed by atoms with Crippen LogP contribution in [-0.4, -0.2) is 39.2 Å². The summed E-state index contributed by atoms with van der Waals surface area (Å²) in [5, 5.41) is 8.45. The molecular weight excluding hydrogens is 378 g/mol. The van der Waals surface area contributed by atoms with E-state index in [1.165, 1.54) is 10.4 Å². The summed E-state index contributed by atoms with van der Waals surface area (Å²) in [5.74, 6) is 0.784. The average Bonchev–Trinajstić information content (AvgIpc) is 3.18. The van der Waals surface area contributed by atoms with Crippen LogP contribution in [0.3, 0.4) is 0 Å². The zero-order valence-corrected chi connectivity index (χ0v) is 15.8. The lowest BCUT2D eigenvalue weighted by atomic mass is 10.1. The minimum atomic E-state index is -3.72. The van der Waals surface area contributed by atoms with Crippen LogP contribution in [0.1, 0.15) is 17.1 Å². The molecular formula is C16H16ClN5O3S. The number of fused-ring (bicyclic) bond motifs is 1. The molecule has 0 fully saturated rings. The Hall–Kier alpha value is -2.23. The molecule has 0 N–H and O–H groups in total. The summed E-state index contributed by atoms with van der Waals surface area (Å²) in [6.07, 6.45) is 0.537. The maximum Gasteiger partial charge on any atom is 0.278 e. The van der Waals surface area contributed by atoms with E-state index in [1.54, 1.807) is 29.8 Å². The number of aryl methyl sites for hydroxylation is 2. The number of rotatable bonds is 3. The van der Waals surface area contributed by atoms with Crippen LogP contribution in [-0.2, 0) is 30.0 Å². The number of hydrogen-bond donors (Lipinski definition) is 0. The van der Waals surface area contributed by atoms with Gasteiger partial charge in [0.2, 0.25) is 10.0 Å². The standard InChI is InChI=1S/C16H16ClN5O3S/c1-10-18-16(25-20-10)15-11-9-22(8-7-13(11)21(2)19-15)26(23,24)14-6-4-3-5-12(14)17/h3-6H,7-9H2,1-2H3. The van der Waals surface area contributed by atoms with E-state index in [0.717, 1.165) is 11.3 Å². The minimum Gasteiger partial charge on any atom is -0.332 e.